The minimum Gasteiger partial charge on any atom is -0.348 e. The molecule has 1 saturated carbocycles. The maximum absolute atomic E-state index is 13.9. The predicted molar refractivity (Wildman–Crippen MR) is 144 cm³/mol. The highest BCUT2D eigenvalue weighted by molar-refractivity contribution is 5.96. The molecule has 1 spiro atoms. The smallest absolute Gasteiger partial charge is 0.250 e. The molecular weight excluding hydrogens is 464 g/mol. The molecule has 7 heteroatoms. The van der Waals surface area contributed by atoms with Crippen LogP contribution in [-0.2, 0) is 14.4 Å². The van der Waals surface area contributed by atoms with E-state index in [0.29, 0.717) is 32.6 Å². The molecule has 0 bridgehead atoms. The van der Waals surface area contributed by atoms with Crippen LogP contribution >= 0.6 is 0 Å². The van der Waals surface area contributed by atoms with Crippen LogP contribution in [-0.4, -0.2) is 59.4 Å². The van der Waals surface area contributed by atoms with Crippen molar-refractivity contribution in [1.82, 2.24) is 15.1 Å². The number of para-hydroxylation sites is 1. The Balaban J connectivity index is 1.29. The lowest BCUT2D eigenvalue weighted by Crippen LogP contribution is -2.58. The molecule has 37 heavy (non-hydrogen) atoms. The van der Waals surface area contributed by atoms with Crippen LogP contribution in [0.4, 0.5) is 5.69 Å². The highest BCUT2D eigenvalue weighted by atomic mass is 16.2. The van der Waals surface area contributed by atoms with E-state index in [2.05, 4.69) is 10.2 Å². The second-order valence-corrected chi connectivity index (χ2v) is 10.8. The summed E-state index contributed by atoms with van der Waals surface area (Å²) in [5.74, 6) is 0.222. The van der Waals surface area contributed by atoms with E-state index in [4.69, 9.17) is 0 Å². The molecule has 196 valence electrons. The standard InChI is InChI=1S/C30H38N4O3/c1-23(24-11-5-2-6-12-24)31-27(35)21-33-22-34(26-15-9-4-10-16-26)30(29(33)37)17-19-32(20-18-30)28(36)25-13-7-3-8-14-25/h2,4-6,9-12,15-16,23,25H,3,7-8,13-14,17-22H2,1H3,(H,31,35)/t23-/m1/s1. The summed E-state index contributed by atoms with van der Waals surface area (Å²) in [5, 5.41) is 3.04. The molecule has 1 atom stereocenters. The van der Waals surface area contributed by atoms with Gasteiger partial charge in [-0.3, -0.25) is 14.4 Å². The predicted octanol–water partition coefficient (Wildman–Crippen LogP) is 4.11. The zero-order valence-electron chi connectivity index (χ0n) is 21.8. The van der Waals surface area contributed by atoms with Crippen LogP contribution in [0.15, 0.2) is 60.7 Å². The lowest BCUT2D eigenvalue weighted by Gasteiger charge is -2.44. The van der Waals surface area contributed by atoms with Crippen LogP contribution in [0.25, 0.3) is 0 Å². The number of carbonyl (C=O) groups excluding carboxylic acids is 3. The molecule has 0 aromatic heterocycles. The summed E-state index contributed by atoms with van der Waals surface area (Å²) in [6.07, 6.45) is 6.62. The first kappa shape index (κ1) is 25.3. The van der Waals surface area contributed by atoms with E-state index in [0.717, 1.165) is 36.9 Å². The number of nitrogens with zero attached hydrogens (tertiary/aromatic N) is 3. The zero-order valence-corrected chi connectivity index (χ0v) is 21.8. The Morgan fingerprint density at radius 3 is 2.22 bits per heavy atom. The number of nitrogens with one attached hydrogen (secondary N) is 1. The largest absolute Gasteiger partial charge is 0.348 e. The summed E-state index contributed by atoms with van der Waals surface area (Å²) in [7, 11) is 0. The van der Waals surface area contributed by atoms with Gasteiger partial charge in [-0.25, -0.2) is 0 Å². The third-order valence-corrected chi connectivity index (χ3v) is 8.45. The second kappa shape index (κ2) is 11.0. The molecule has 2 aromatic rings. The van der Waals surface area contributed by atoms with Crippen LogP contribution < -0.4 is 10.2 Å². The second-order valence-electron chi connectivity index (χ2n) is 10.8. The Morgan fingerprint density at radius 1 is 0.946 bits per heavy atom. The SMILES string of the molecule is C[C@@H](NC(=O)CN1CN(c2ccccc2)C2(CCN(C(=O)C3CCCCC3)CC2)C1=O)c1ccccc1. The van der Waals surface area contributed by atoms with Gasteiger partial charge in [0, 0.05) is 24.7 Å². The fourth-order valence-electron chi connectivity index (χ4n) is 6.31. The van der Waals surface area contributed by atoms with Gasteiger partial charge in [0.15, 0.2) is 0 Å². The van der Waals surface area contributed by atoms with Gasteiger partial charge in [0.1, 0.15) is 12.1 Å². The molecule has 2 heterocycles. The van der Waals surface area contributed by atoms with Gasteiger partial charge in [-0.2, -0.15) is 0 Å². The van der Waals surface area contributed by atoms with Crippen molar-refractivity contribution >= 4 is 23.4 Å². The van der Waals surface area contributed by atoms with Gasteiger partial charge in [0.2, 0.25) is 11.8 Å². The summed E-state index contributed by atoms with van der Waals surface area (Å²) in [6.45, 7) is 3.50. The van der Waals surface area contributed by atoms with Gasteiger partial charge >= 0.3 is 0 Å². The number of benzene rings is 2. The van der Waals surface area contributed by atoms with Gasteiger partial charge in [-0.15, -0.1) is 0 Å². The number of hydrogen-bond acceptors (Lipinski definition) is 4. The molecule has 2 aromatic carbocycles. The first-order chi connectivity index (χ1) is 18.0. The molecule has 7 nitrogen and oxygen atoms in total. The van der Waals surface area contributed by atoms with Crippen molar-refractivity contribution in [3.63, 3.8) is 0 Å². The molecule has 0 unspecified atom stereocenters. The van der Waals surface area contributed by atoms with Gasteiger partial charge in [0.05, 0.1) is 12.7 Å². The number of anilines is 1. The summed E-state index contributed by atoms with van der Waals surface area (Å²) >= 11 is 0. The van der Waals surface area contributed by atoms with Crippen molar-refractivity contribution in [2.45, 2.75) is 63.5 Å². The van der Waals surface area contributed by atoms with Crippen molar-refractivity contribution in [2.24, 2.45) is 5.92 Å². The molecule has 1 aliphatic carbocycles. The Labute approximate surface area is 219 Å². The van der Waals surface area contributed by atoms with Crippen LogP contribution in [0.5, 0.6) is 0 Å². The highest BCUT2D eigenvalue weighted by Gasteiger charge is 2.54. The third-order valence-electron chi connectivity index (χ3n) is 8.45. The van der Waals surface area contributed by atoms with E-state index in [1.807, 2.05) is 72.5 Å². The van der Waals surface area contributed by atoms with Gasteiger partial charge in [-0.05, 0) is 50.3 Å². The monoisotopic (exact) mass is 502 g/mol. The summed E-state index contributed by atoms with van der Waals surface area (Å²) in [6, 6.07) is 19.7. The lowest BCUT2D eigenvalue weighted by molar-refractivity contribution is -0.142. The Kier molecular flexibility index (Phi) is 7.49. The number of piperidine rings is 1. The topological polar surface area (TPSA) is 73.0 Å². The molecule has 3 amide bonds. The molecule has 1 N–H and O–H groups in total. The van der Waals surface area contributed by atoms with Crippen molar-refractivity contribution in [3.05, 3.63) is 66.2 Å². The average molecular weight is 503 g/mol. The zero-order chi connectivity index (χ0) is 25.8. The van der Waals surface area contributed by atoms with Gasteiger partial charge < -0.3 is 20.0 Å². The van der Waals surface area contributed by atoms with Crippen LogP contribution in [0, 0.1) is 5.92 Å². The highest BCUT2D eigenvalue weighted by Crippen LogP contribution is 2.40. The van der Waals surface area contributed by atoms with E-state index in [1.165, 1.54) is 6.42 Å². The molecule has 3 aliphatic rings. The average Bonchev–Trinajstić information content (AvgIpc) is 3.20. The fraction of sp³-hybridized carbons (Fsp3) is 0.500. The quantitative estimate of drug-likeness (QED) is 0.645. The number of carbonyl (C=O) groups is 3. The first-order valence-electron chi connectivity index (χ1n) is 13.7. The Bertz CT molecular complexity index is 1090. The van der Waals surface area contributed by atoms with Gasteiger partial charge in [-0.1, -0.05) is 67.8 Å². The van der Waals surface area contributed by atoms with Crippen molar-refractivity contribution in [2.75, 3.05) is 31.2 Å². The van der Waals surface area contributed by atoms with Crippen molar-refractivity contribution < 1.29 is 14.4 Å². The van der Waals surface area contributed by atoms with Crippen LogP contribution in [0.2, 0.25) is 0 Å². The minimum atomic E-state index is -0.726. The minimum absolute atomic E-state index is 0.0105. The molecule has 2 aliphatic heterocycles. The van der Waals surface area contributed by atoms with Crippen LogP contribution in [0.1, 0.15) is 63.5 Å². The summed E-state index contributed by atoms with van der Waals surface area (Å²) in [5.41, 5.74) is 1.28. The normalized spacial score (nSPS) is 20.8. The molecule has 5 rings (SSSR count). The maximum Gasteiger partial charge on any atom is 0.250 e. The first-order valence-corrected chi connectivity index (χ1v) is 13.7. The van der Waals surface area contributed by atoms with Gasteiger partial charge in [0.25, 0.3) is 5.91 Å². The molecule has 0 radical (unpaired) electrons. The van der Waals surface area contributed by atoms with E-state index in [1.54, 1.807) is 4.90 Å². The number of amides is 3. The Morgan fingerprint density at radius 2 is 1.57 bits per heavy atom. The molecule has 2 saturated heterocycles. The van der Waals surface area contributed by atoms with E-state index in [-0.39, 0.29) is 36.2 Å². The van der Waals surface area contributed by atoms with Crippen LogP contribution in [0.3, 0.4) is 0 Å². The number of rotatable bonds is 6. The summed E-state index contributed by atoms with van der Waals surface area (Å²) in [4.78, 5) is 45.9. The van der Waals surface area contributed by atoms with Crippen molar-refractivity contribution in [3.8, 4) is 0 Å². The van der Waals surface area contributed by atoms with Crippen molar-refractivity contribution in [1.29, 1.82) is 0 Å². The van der Waals surface area contributed by atoms with E-state index in [9.17, 15) is 14.4 Å². The summed E-state index contributed by atoms with van der Waals surface area (Å²) < 4.78 is 0. The van der Waals surface area contributed by atoms with E-state index < -0.39 is 5.54 Å². The third kappa shape index (κ3) is 5.22. The number of hydrogen-bond donors (Lipinski definition) is 1. The maximum atomic E-state index is 13.9. The molecule has 3 fully saturated rings. The fourth-order valence-corrected chi connectivity index (χ4v) is 6.31. The molecular formula is C30H38N4O3. The van der Waals surface area contributed by atoms with E-state index >= 15 is 0 Å². The Hall–Kier alpha value is -3.35. The lowest BCUT2D eigenvalue weighted by atomic mass is 9.83. The number of likely N-dealkylation sites (tertiary alicyclic amines) is 1.